The first-order chi connectivity index (χ1) is 15.4. The second kappa shape index (κ2) is 9.52. The number of nitrogens with zero attached hydrogens (tertiary/aromatic N) is 2. The lowest BCUT2D eigenvalue weighted by atomic mass is 10.1. The summed E-state index contributed by atoms with van der Waals surface area (Å²) < 4.78 is 27.9. The molecule has 2 N–H and O–H groups in total. The minimum Gasteiger partial charge on any atom is -0.322 e. The molecular weight excluding hydrogens is 428 g/mol. The van der Waals surface area contributed by atoms with Crippen LogP contribution in [0.2, 0.25) is 0 Å². The maximum Gasteiger partial charge on any atom is 0.262 e. The maximum absolute atomic E-state index is 12.7. The Kier molecular flexibility index (Phi) is 6.55. The third-order valence-electron chi connectivity index (χ3n) is 5.54. The molecule has 0 bridgehead atoms. The van der Waals surface area contributed by atoms with Gasteiger partial charge in [0.25, 0.3) is 15.9 Å². The van der Waals surface area contributed by atoms with Gasteiger partial charge in [0.2, 0.25) is 5.91 Å². The van der Waals surface area contributed by atoms with E-state index in [1.54, 1.807) is 35.2 Å². The largest absolute Gasteiger partial charge is 0.322 e. The highest BCUT2D eigenvalue weighted by Crippen LogP contribution is 2.23. The van der Waals surface area contributed by atoms with Gasteiger partial charge in [0.05, 0.1) is 4.90 Å². The van der Waals surface area contributed by atoms with Crippen LogP contribution in [0.5, 0.6) is 0 Å². The summed E-state index contributed by atoms with van der Waals surface area (Å²) in [6, 6.07) is 12.9. The van der Waals surface area contributed by atoms with Crippen LogP contribution < -0.4 is 14.9 Å². The van der Waals surface area contributed by atoms with Crippen molar-refractivity contribution in [1.82, 2.24) is 4.72 Å². The Bertz CT molecular complexity index is 1140. The fourth-order valence-corrected chi connectivity index (χ4v) is 4.92. The molecule has 1 fully saturated rings. The Hall–Kier alpha value is -3.20. The number of aliphatic imine (C=N–C) groups is 1. The standard InChI is InChI=1S/C23H26N4O4S/c28-22-9-5-15-27(22)19-7-4-6-17(16-19)23(29)25-18-10-12-20(13-11-18)32(30,31)26-21-8-2-1-3-14-24-21/h4,6-7,10-13,16H,1-3,5,8-9,14-15H2,(H,24,26)(H,25,29). The van der Waals surface area contributed by atoms with Crippen LogP contribution in [0.1, 0.15) is 48.9 Å². The van der Waals surface area contributed by atoms with E-state index in [9.17, 15) is 18.0 Å². The van der Waals surface area contributed by atoms with Gasteiger partial charge in [-0.05, 0) is 61.7 Å². The summed E-state index contributed by atoms with van der Waals surface area (Å²) in [6.45, 7) is 1.29. The second-order valence-electron chi connectivity index (χ2n) is 7.92. The molecule has 1 saturated heterocycles. The van der Waals surface area contributed by atoms with E-state index < -0.39 is 10.0 Å². The molecule has 2 amide bonds. The van der Waals surface area contributed by atoms with E-state index in [1.807, 2.05) is 6.07 Å². The molecule has 0 aromatic heterocycles. The maximum atomic E-state index is 12.7. The third-order valence-corrected chi connectivity index (χ3v) is 6.94. The van der Waals surface area contributed by atoms with Gasteiger partial charge in [0, 0.05) is 42.9 Å². The van der Waals surface area contributed by atoms with Crippen LogP contribution in [0, 0.1) is 0 Å². The first-order valence-corrected chi connectivity index (χ1v) is 12.3. The highest BCUT2D eigenvalue weighted by atomic mass is 32.2. The van der Waals surface area contributed by atoms with Crippen molar-refractivity contribution in [3.63, 3.8) is 0 Å². The van der Waals surface area contributed by atoms with E-state index >= 15 is 0 Å². The number of benzene rings is 2. The first kappa shape index (κ1) is 22.0. The van der Waals surface area contributed by atoms with E-state index in [-0.39, 0.29) is 16.7 Å². The van der Waals surface area contributed by atoms with E-state index in [4.69, 9.17) is 0 Å². The Morgan fingerprint density at radius 1 is 0.969 bits per heavy atom. The molecule has 0 unspecified atom stereocenters. The van der Waals surface area contributed by atoms with E-state index in [2.05, 4.69) is 15.0 Å². The van der Waals surface area contributed by atoms with Crippen molar-refractivity contribution < 1.29 is 18.0 Å². The molecule has 0 aliphatic carbocycles. The predicted octanol–water partition coefficient (Wildman–Crippen LogP) is 3.32. The van der Waals surface area contributed by atoms with Crippen molar-refractivity contribution in [1.29, 1.82) is 0 Å². The Morgan fingerprint density at radius 2 is 1.78 bits per heavy atom. The number of nitrogens with one attached hydrogen (secondary N) is 2. The third kappa shape index (κ3) is 5.16. The summed E-state index contributed by atoms with van der Waals surface area (Å²) in [6.07, 6.45) is 4.88. The molecule has 2 aromatic rings. The van der Waals surface area contributed by atoms with Gasteiger partial charge in [0.1, 0.15) is 5.84 Å². The minimum atomic E-state index is -3.72. The van der Waals surface area contributed by atoms with Gasteiger partial charge in [-0.3, -0.25) is 19.3 Å². The zero-order chi connectivity index (χ0) is 22.6. The van der Waals surface area contributed by atoms with Crippen LogP contribution in [0.4, 0.5) is 11.4 Å². The van der Waals surface area contributed by atoms with Gasteiger partial charge < -0.3 is 10.2 Å². The quantitative estimate of drug-likeness (QED) is 0.722. The molecular formula is C23H26N4O4S. The van der Waals surface area contributed by atoms with E-state index in [1.165, 1.54) is 12.1 Å². The molecule has 0 saturated carbocycles. The molecule has 0 atom stereocenters. The fourth-order valence-electron chi connectivity index (χ4n) is 3.83. The molecule has 0 radical (unpaired) electrons. The lowest BCUT2D eigenvalue weighted by molar-refractivity contribution is -0.117. The molecule has 8 nitrogen and oxygen atoms in total. The average molecular weight is 455 g/mol. The summed E-state index contributed by atoms with van der Waals surface area (Å²) >= 11 is 0. The van der Waals surface area contributed by atoms with Gasteiger partial charge in [-0.1, -0.05) is 12.5 Å². The Balaban J connectivity index is 1.43. The monoisotopic (exact) mass is 454 g/mol. The normalized spacial score (nSPS) is 16.9. The van der Waals surface area contributed by atoms with Crippen molar-refractivity contribution >= 4 is 39.0 Å². The Labute approximate surface area is 187 Å². The number of hydrogen-bond acceptors (Lipinski definition) is 5. The minimum absolute atomic E-state index is 0.0581. The number of carbonyl (C=O) groups excluding carboxylic acids is 2. The van der Waals surface area contributed by atoms with E-state index in [0.29, 0.717) is 48.7 Å². The van der Waals surface area contributed by atoms with Gasteiger partial charge in [-0.15, -0.1) is 0 Å². The molecule has 2 aliphatic heterocycles. The summed E-state index contributed by atoms with van der Waals surface area (Å²) in [5, 5.41) is 2.77. The molecule has 168 valence electrons. The smallest absolute Gasteiger partial charge is 0.262 e. The number of amides is 2. The SMILES string of the molecule is O=C(Nc1ccc(S(=O)(=O)NC2=NCCCCC2)cc1)c1cccc(N2CCCC2=O)c1. The van der Waals surface area contributed by atoms with Crippen LogP contribution in [-0.4, -0.2) is 39.2 Å². The molecule has 2 aromatic carbocycles. The topological polar surface area (TPSA) is 108 Å². The lowest BCUT2D eigenvalue weighted by Crippen LogP contribution is -2.30. The van der Waals surface area contributed by atoms with E-state index in [0.717, 1.165) is 25.7 Å². The van der Waals surface area contributed by atoms with Crippen LogP contribution in [0.25, 0.3) is 0 Å². The Morgan fingerprint density at radius 3 is 2.53 bits per heavy atom. The number of sulfonamides is 1. The number of carbonyl (C=O) groups is 2. The molecule has 2 aliphatic rings. The molecule has 0 spiro atoms. The number of rotatable bonds is 5. The van der Waals surface area contributed by atoms with Crippen LogP contribution in [0.3, 0.4) is 0 Å². The van der Waals surface area contributed by atoms with Crippen molar-refractivity contribution in [2.24, 2.45) is 4.99 Å². The lowest BCUT2D eigenvalue weighted by Gasteiger charge is -2.16. The first-order valence-electron chi connectivity index (χ1n) is 10.8. The van der Waals surface area contributed by atoms with Crippen LogP contribution >= 0.6 is 0 Å². The fraction of sp³-hybridized carbons (Fsp3) is 0.348. The molecule has 32 heavy (non-hydrogen) atoms. The summed E-state index contributed by atoms with van der Waals surface area (Å²) in [4.78, 5) is 30.7. The van der Waals surface area contributed by atoms with Gasteiger partial charge in [-0.25, -0.2) is 8.42 Å². The van der Waals surface area contributed by atoms with Crippen molar-refractivity contribution in [3.05, 3.63) is 54.1 Å². The van der Waals surface area contributed by atoms with Crippen molar-refractivity contribution in [2.75, 3.05) is 23.3 Å². The van der Waals surface area contributed by atoms with Crippen LogP contribution in [0.15, 0.2) is 58.4 Å². The van der Waals surface area contributed by atoms with Gasteiger partial charge in [-0.2, -0.15) is 0 Å². The zero-order valence-corrected chi connectivity index (χ0v) is 18.5. The number of amidine groups is 1. The molecule has 4 rings (SSSR count). The molecule has 2 heterocycles. The zero-order valence-electron chi connectivity index (χ0n) is 17.7. The second-order valence-corrected chi connectivity index (χ2v) is 9.60. The summed E-state index contributed by atoms with van der Waals surface area (Å²) in [5.74, 6) is 0.221. The summed E-state index contributed by atoms with van der Waals surface area (Å²) in [5.41, 5.74) is 1.60. The predicted molar refractivity (Wildman–Crippen MR) is 124 cm³/mol. The summed E-state index contributed by atoms with van der Waals surface area (Å²) in [7, 11) is -3.72. The molecule has 9 heteroatoms. The number of anilines is 2. The van der Waals surface area contributed by atoms with Gasteiger partial charge >= 0.3 is 0 Å². The van der Waals surface area contributed by atoms with Gasteiger partial charge in [0.15, 0.2) is 0 Å². The van der Waals surface area contributed by atoms with Crippen LogP contribution in [-0.2, 0) is 14.8 Å². The average Bonchev–Trinajstić information content (AvgIpc) is 3.05. The van der Waals surface area contributed by atoms with Crippen molar-refractivity contribution in [3.8, 4) is 0 Å². The highest BCUT2D eigenvalue weighted by molar-refractivity contribution is 7.90. The number of hydrogen-bond donors (Lipinski definition) is 2. The highest BCUT2D eigenvalue weighted by Gasteiger charge is 2.22. The van der Waals surface area contributed by atoms with Crippen molar-refractivity contribution in [2.45, 2.75) is 43.4 Å².